The Labute approximate surface area is 87.1 Å². The van der Waals surface area contributed by atoms with Gasteiger partial charge in [0.15, 0.2) is 0 Å². The molecule has 78 valence electrons. The topological polar surface area (TPSA) is 76.2 Å². The minimum Gasteiger partial charge on any atom is -0.376 e. The molecule has 0 saturated heterocycles. The monoisotopic (exact) mass is 206 g/mol. The first-order valence-corrected chi connectivity index (χ1v) is 4.33. The van der Waals surface area contributed by atoms with Crippen LogP contribution in [0.1, 0.15) is 18.1 Å². The zero-order valence-electron chi connectivity index (χ0n) is 8.21. The van der Waals surface area contributed by atoms with Gasteiger partial charge in [-0.2, -0.15) is 5.26 Å². The highest BCUT2D eigenvalue weighted by Gasteiger charge is 2.11. The van der Waals surface area contributed by atoms with Crippen LogP contribution in [0, 0.1) is 21.4 Å². The predicted octanol–water partition coefficient (Wildman–Crippen LogP) is 2.20. The summed E-state index contributed by atoms with van der Waals surface area (Å²) in [7, 11) is 1.50. The SMILES string of the molecule is COC(CC#N)c1ccc([N+](=O)[O-])cc1. The maximum absolute atomic E-state index is 10.4. The largest absolute Gasteiger partial charge is 0.376 e. The number of nitro benzene ring substituents is 1. The number of methoxy groups -OCH3 is 1. The van der Waals surface area contributed by atoms with Crippen LogP contribution in [-0.2, 0) is 4.74 Å². The van der Waals surface area contributed by atoms with Gasteiger partial charge in [-0.25, -0.2) is 0 Å². The number of non-ortho nitro benzene ring substituents is 1. The average Bonchev–Trinajstić information content (AvgIpc) is 2.26. The Kier molecular flexibility index (Phi) is 3.77. The Morgan fingerprint density at radius 3 is 2.53 bits per heavy atom. The lowest BCUT2D eigenvalue weighted by Gasteiger charge is -2.11. The smallest absolute Gasteiger partial charge is 0.269 e. The van der Waals surface area contributed by atoms with Gasteiger partial charge in [0.25, 0.3) is 5.69 Å². The number of nitrogens with zero attached hydrogens (tertiary/aromatic N) is 2. The molecule has 0 bridgehead atoms. The van der Waals surface area contributed by atoms with Crippen molar-refractivity contribution < 1.29 is 9.66 Å². The summed E-state index contributed by atoms with van der Waals surface area (Å²) >= 11 is 0. The first kappa shape index (κ1) is 11.1. The predicted molar refractivity (Wildman–Crippen MR) is 53.1 cm³/mol. The number of nitriles is 1. The molecule has 1 atom stereocenters. The summed E-state index contributed by atoms with van der Waals surface area (Å²) in [6.07, 6.45) is -0.0929. The van der Waals surface area contributed by atoms with Crippen LogP contribution in [0.4, 0.5) is 5.69 Å². The Bertz CT molecular complexity index is 381. The molecule has 1 rings (SSSR count). The second-order valence-electron chi connectivity index (χ2n) is 2.94. The van der Waals surface area contributed by atoms with Gasteiger partial charge >= 0.3 is 0 Å². The van der Waals surface area contributed by atoms with Crippen LogP contribution in [0.25, 0.3) is 0 Å². The van der Waals surface area contributed by atoms with Crippen molar-refractivity contribution >= 4 is 5.69 Å². The minimum absolute atomic E-state index is 0.0329. The summed E-state index contributed by atoms with van der Waals surface area (Å²) in [5.41, 5.74) is 0.801. The number of benzene rings is 1. The van der Waals surface area contributed by atoms with Crippen molar-refractivity contribution in [3.05, 3.63) is 39.9 Å². The van der Waals surface area contributed by atoms with Crippen LogP contribution in [-0.4, -0.2) is 12.0 Å². The highest BCUT2D eigenvalue weighted by molar-refractivity contribution is 5.34. The lowest BCUT2D eigenvalue weighted by Crippen LogP contribution is -2.00. The molecule has 0 radical (unpaired) electrons. The van der Waals surface area contributed by atoms with Gasteiger partial charge in [-0.3, -0.25) is 10.1 Å². The van der Waals surface area contributed by atoms with E-state index >= 15 is 0 Å². The lowest BCUT2D eigenvalue weighted by molar-refractivity contribution is -0.384. The molecule has 1 aromatic carbocycles. The number of rotatable bonds is 4. The fourth-order valence-electron chi connectivity index (χ4n) is 1.23. The second kappa shape index (κ2) is 5.08. The van der Waals surface area contributed by atoms with Gasteiger partial charge < -0.3 is 4.74 Å². The van der Waals surface area contributed by atoms with Crippen LogP contribution in [0.3, 0.4) is 0 Å². The lowest BCUT2D eigenvalue weighted by atomic mass is 10.1. The normalized spacial score (nSPS) is 11.7. The van der Waals surface area contributed by atoms with E-state index in [-0.39, 0.29) is 18.2 Å². The zero-order chi connectivity index (χ0) is 11.3. The third kappa shape index (κ3) is 2.76. The van der Waals surface area contributed by atoms with E-state index in [1.54, 1.807) is 12.1 Å². The third-order valence-corrected chi connectivity index (χ3v) is 2.04. The van der Waals surface area contributed by atoms with E-state index in [2.05, 4.69) is 0 Å². The van der Waals surface area contributed by atoms with E-state index in [0.717, 1.165) is 5.56 Å². The number of nitro groups is 1. The molecule has 1 aromatic rings. The average molecular weight is 206 g/mol. The second-order valence-corrected chi connectivity index (χ2v) is 2.94. The van der Waals surface area contributed by atoms with Crippen molar-refractivity contribution in [1.82, 2.24) is 0 Å². The van der Waals surface area contributed by atoms with Crippen LogP contribution in [0.15, 0.2) is 24.3 Å². The van der Waals surface area contributed by atoms with E-state index < -0.39 is 4.92 Å². The molecule has 0 N–H and O–H groups in total. The highest BCUT2D eigenvalue weighted by Crippen LogP contribution is 2.22. The van der Waals surface area contributed by atoms with Gasteiger partial charge in [0.05, 0.1) is 23.5 Å². The van der Waals surface area contributed by atoms with Crippen LogP contribution in [0.2, 0.25) is 0 Å². The zero-order valence-corrected chi connectivity index (χ0v) is 8.21. The van der Waals surface area contributed by atoms with Gasteiger partial charge in [0.1, 0.15) is 0 Å². The van der Waals surface area contributed by atoms with Gasteiger partial charge in [0.2, 0.25) is 0 Å². The molecule has 0 heterocycles. The maximum atomic E-state index is 10.4. The summed E-state index contributed by atoms with van der Waals surface area (Å²) < 4.78 is 5.08. The molecule has 0 fully saturated rings. The quantitative estimate of drug-likeness (QED) is 0.558. The standard InChI is InChI=1S/C10H10N2O3/c1-15-10(6-7-11)8-2-4-9(5-3-8)12(13)14/h2-5,10H,6H2,1H3. The summed E-state index contributed by atoms with van der Waals surface area (Å²) in [4.78, 5) is 9.94. The van der Waals surface area contributed by atoms with E-state index in [0.29, 0.717) is 0 Å². The first-order chi connectivity index (χ1) is 7.19. The van der Waals surface area contributed by atoms with Crippen molar-refractivity contribution in [2.24, 2.45) is 0 Å². The fraction of sp³-hybridized carbons (Fsp3) is 0.300. The minimum atomic E-state index is -0.462. The van der Waals surface area contributed by atoms with Crippen molar-refractivity contribution in [2.45, 2.75) is 12.5 Å². The van der Waals surface area contributed by atoms with E-state index in [1.165, 1.54) is 19.2 Å². The Hall–Kier alpha value is -1.93. The molecule has 0 saturated carbocycles. The maximum Gasteiger partial charge on any atom is 0.269 e. The first-order valence-electron chi connectivity index (χ1n) is 4.33. The summed E-state index contributed by atoms with van der Waals surface area (Å²) in [5, 5.41) is 18.9. The molecular formula is C10H10N2O3. The van der Waals surface area contributed by atoms with Crippen molar-refractivity contribution in [1.29, 1.82) is 5.26 Å². The van der Waals surface area contributed by atoms with E-state index in [4.69, 9.17) is 10.00 Å². The van der Waals surface area contributed by atoms with Crippen molar-refractivity contribution in [2.75, 3.05) is 7.11 Å². The van der Waals surface area contributed by atoms with Gasteiger partial charge in [-0.15, -0.1) is 0 Å². The molecule has 0 aliphatic heterocycles. The molecule has 0 amide bonds. The Morgan fingerprint density at radius 1 is 1.53 bits per heavy atom. The third-order valence-electron chi connectivity index (χ3n) is 2.04. The molecule has 0 spiro atoms. The molecule has 0 aliphatic rings. The van der Waals surface area contributed by atoms with Gasteiger partial charge in [-0.1, -0.05) is 0 Å². The van der Waals surface area contributed by atoms with Gasteiger partial charge in [-0.05, 0) is 17.7 Å². The molecule has 5 heteroatoms. The number of hydrogen-bond acceptors (Lipinski definition) is 4. The Morgan fingerprint density at radius 2 is 2.13 bits per heavy atom. The number of hydrogen-bond donors (Lipinski definition) is 0. The number of ether oxygens (including phenoxy) is 1. The summed E-state index contributed by atoms with van der Waals surface area (Å²) in [5.74, 6) is 0. The van der Waals surface area contributed by atoms with Crippen LogP contribution < -0.4 is 0 Å². The van der Waals surface area contributed by atoms with E-state index in [9.17, 15) is 10.1 Å². The van der Waals surface area contributed by atoms with Gasteiger partial charge in [0, 0.05) is 19.2 Å². The molecular weight excluding hydrogens is 196 g/mol. The summed E-state index contributed by atoms with van der Waals surface area (Å²) in [6, 6.07) is 8.00. The highest BCUT2D eigenvalue weighted by atomic mass is 16.6. The molecule has 15 heavy (non-hydrogen) atoms. The van der Waals surface area contributed by atoms with Crippen LogP contribution in [0.5, 0.6) is 0 Å². The van der Waals surface area contributed by atoms with Crippen molar-refractivity contribution in [3.8, 4) is 6.07 Å². The van der Waals surface area contributed by atoms with E-state index in [1.807, 2.05) is 6.07 Å². The molecule has 1 unspecified atom stereocenters. The molecule has 5 nitrogen and oxygen atoms in total. The van der Waals surface area contributed by atoms with Crippen molar-refractivity contribution in [3.63, 3.8) is 0 Å². The molecule has 0 aromatic heterocycles. The summed E-state index contributed by atoms with van der Waals surface area (Å²) in [6.45, 7) is 0. The molecule has 0 aliphatic carbocycles. The Balaban J connectivity index is 2.87. The fourth-order valence-corrected chi connectivity index (χ4v) is 1.23. The van der Waals surface area contributed by atoms with Crippen LogP contribution >= 0.6 is 0 Å².